The fourth-order valence-corrected chi connectivity index (χ4v) is 5.16. The van der Waals surface area contributed by atoms with E-state index in [0.29, 0.717) is 6.42 Å². The zero-order valence-corrected chi connectivity index (χ0v) is 14.1. The van der Waals surface area contributed by atoms with Gasteiger partial charge >= 0.3 is 0 Å². The molecule has 11 heteroatoms. The molecule has 2 rings (SSSR count). The smallest absolute Gasteiger partial charge is 0.260 e. The first-order valence-corrected chi connectivity index (χ1v) is 10.2. The maximum absolute atomic E-state index is 13.6. The van der Waals surface area contributed by atoms with Crippen LogP contribution in [0.3, 0.4) is 0 Å². The Labute approximate surface area is 138 Å². The van der Waals surface area contributed by atoms with E-state index in [1.165, 1.54) is 6.07 Å². The molecular weight excluding hydrogens is 371 g/mol. The van der Waals surface area contributed by atoms with E-state index in [2.05, 4.69) is 0 Å². The number of halogens is 2. The fourth-order valence-electron chi connectivity index (χ4n) is 2.22. The minimum Gasteiger partial charge on any atom is -0.278 e. The molecule has 0 radical (unpaired) electrons. The highest BCUT2D eigenvalue weighted by molar-refractivity contribution is 7.91. The Bertz CT molecular complexity index is 826. The lowest BCUT2D eigenvalue weighted by Gasteiger charge is -2.11. The van der Waals surface area contributed by atoms with Crippen LogP contribution in [0.4, 0.5) is 4.39 Å². The van der Waals surface area contributed by atoms with Crippen LogP contribution in [0.15, 0.2) is 23.1 Å². The van der Waals surface area contributed by atoms with Crippen LogP contribution in [0.1, 0.15) is 12.8 Å². The second-order valence-corrected chi connectivity index (χ2v) is 9.52. The van der Waals surface area contributed by atoms with Crippen LogP contribution in [0.5, 0.6) is 0 Å². The van der Waals surface area contributed by atoms with Gasteiger partial charge in [0.1, 0.15) is 10.7 Å². The Morgan fingerprint density at radius 3 is 2.65 bits per heavy atom. The van der Waals surface area contributed by atoms with E-state index in [4.69, 9.17) is 11.6 Å². The Kier molecular flexibility index (Phi) is 5.29. The van der Waals surface area contributed by atoms with Crippen molar-refractivity contribution in [2.45, 2.75) is 17.7 Å². The van der Waals surface area contributed by atoms with Crippen molar-refractivity contribution >= 4 is 37.4 Å². The third kappa shape index (κ3) is 4.87. The van der Waals surface area contributed by atoms with E-state index in [9.17, 15) is 26.0 Å². The maximum atomic E-state index is 13.6. The van der Waals surface area contributed by atoms with Crippen molar-refractivity contribution in [1.82, 2.24) is 10.3 Å². The summed E-state index contributed by atoms with van der Waals surface area (Å²) in [6.07, 6.45) is 0.221. The molecule has 1 saturated heterocycles. The molecule has 1 fully saturated rings. The van der Waals surface area contributed by atoms with Crippen LogP contribution in [-0.2, 0) is 24.7 Å². The molecule has 128 valence electrons. The van der Waals surface area contributed by atoms with Crippen LogP contribution in [0.25, 0.3) is 0 Å². The summed E-state index contributed by atoms with van der Waals surface area (Å²) in [6, 6.07) is 3.00. The van der Waals surface area contributed by atoms with Crippen LogP contribution < -0.4 is 10.3 Å². The molecule has 1 aromatic carbocycles. The van der Waals surface area contributed by atoms with Crippen LogP contribution in [0.2, 0.25) is 5.02 Å². The van der Waals surface area contributed by atoms with Gasteiger partial charge in [-0.25, -0.2) is 21.2 Å². The van der Waals surface area contributed by atoms with Crippen molar-refractivity contribution in [1.29, 1.82) is 0 Å². The molecule has 1 aliphatic heterocycles. The molecular formula is C12H14ClFN2O5S2. The van der Waals surface area contributed by atoms with E-state index in [0.717, 1.165) is 12.1 Å². The molecule has 0 saturated carbocycles. The van der Waals surface area contributed by atoms with Gasteiger partial charge in [0.05, 0.1) is 11.5 Å². The predicted molar refractivity (Wildman–Crippen MR) is 81.3 cm³/mol. The Morgan fingerprint density at radius 1 is 1.39 bits per heavy atom. The second-order valence-electron chi connectivity index (χ2n) is 5.20. The van der Waals surface area contributed by atoms with Gasteiger partial charge in [0.15, 0.2) is 9.84 Å². The van der Waals surface area contributed by atoms with Gasteiger partial charge in [-0.3, -0.25) is 10.2 Å². The van der Waals surface area contributed by atoms with Gasteiger partial charge in [-0.1, -0.05) is 11.6 Å². The van der Waals surface area contributed by atoms with Gasteiger partial charge in [0.2, 0.25) is 5.91 Å². The monoisotopic (exact) mass is 384 g/mol. The number of carbonyl (C=O) groups excluding carboxylic acids is 1. The number of carbonyl (C=O) groups is 1. The molecule has 1 heterocycles. The van der Waals surface area contributed by atoms with E-state index in [1.807, 2.05) is 5.43 Å². The Morgan fingerprint density at radius 2 is 2.09 bits per heavy atom. The van der Waals surface area contributed by atoms with Gasteiger partial charge in [-0.2, -0.15) is 0 Å². The lowest BCUT2D eigenvalue weighted by molar-refractivity contribution is -0.122. The van der Waals surface area contributed by atoms with Crippen molar-refractivity contribution < 1.29 is 26.0 Å². The van der Waals surface area contributed by atoms with Crippen molar-refractivity contribution in [2.75, 3.05) is 11.5 Å². The highest BCUT2D eigenvalue weighted by atomic mass is 35.5. The Hall–Kier alpha value is -1.23. The number of sulfone groups is 1. The van der Waals surface area contributed by atoms with Gasteiger partial charge in [-0.15, -0.1) is 4.83 Å². The first-order valence-electron chi connectivity index (χ1n) is 6.55. The number of sulfonamides is 1. The standard InChI is InChI=1S/C12H14ClFN2O5S2/c13-9-1-2-11(10(14)6-9)23(20,21)16-15-12(17)5-8-3-4-22(18,19)7-8/h1-2,6,8,16H,3-5,7H2,(H,15,17)/t8-/m1/s1. The average molecular weight is 385 g/mol. The van der Waals surface area contributed by atoms with Crippen molar-refractivity contribution in [3.05, 3.63) is 29.0 Å². The summed E-state index contributed by atoms with van der Waals surface area (Å²) >= 11 is 5.54. The molecule has 1 amide bonds. The summed E-state index contributed by atoms with van der Waals surface area (Å²) in [5, 5.41) is 0.0351. The summed E-state index contributed by atoms with van der Waals surface area (Å²) < 4.78 is 60.0. The summed E-state index contributed by atoms with van der Waals surface area (Å²) in [6.45, 7) is 0. The van der Waals surface area contributed by atoms with Crippen LogP contribution in [0, 0.1) is 11.7 Å². The molecule has 1 atom stereocenters. The quantitative estimate of drug-likeness (QED) is 0.723. The third-order valence-corrected chi connectivity index (χ3v) is 6.66. The minimum absolute atomic E-state index is 0.0205. The van der Waals surface area contributed by atoms with E-state index in [1.54, 1.807) is 4.83 Å². The molecule has 0 aromatic heterocycles. The molecule has 0 spiro atoms. The van der Waals surface area contributed by atoms with E-state index >= 15 is 0 Å². The van der Waals surface area contributed by atoms with Crippen molar-refractivity contribution in [2.24, 2.45) is 5.92 Å². The summed E-state index contributed by atoms with van der Waals surface area (Å²) in [5.74, 6) is -2.17. The molecule has 0 aliphatic carbocycles. The van der Waals surface area contributed by atoms with Crippen molar-refractivity contribution in [3.8, 4) is 0 Å². The highest BCUT2D eigenvalue weighted by Gasteiger charge is 2.29. The Balaban J connectivity index is 1.95. The SMILES string of the molecule is O=C(C[C@H]1CCS(=O)(=O)C1)NNS(=O)(=O)c1ccc(Cl)cc1F. The predicted octanol–water partition coefficient (Wildman–Crippen LogP) is 0.613. The van der Waals surface area contributed by atoms with Crippen molar-refractivity contribution in [3.63, 3.8) is 0 Å². The highest BCUT2D eigenvalue weighted by Crippen LogP contribution is 2.21. The topological polar surface area (TPSA) is 109 Å². The zero-order valence-electron chi connectivity index (χ0n) is 11.8. The molecule has 23 heavy (non-hydrogen) atoms. The molecule has 1 aromatic rings. The largest absolute Gasteiger partial charge is 0.278 e. The van der Waals surface area contributed by atoms with Gasteiger partial charge < -0.3 is 0 Å². The summed E-state index contributed by atoms with van der Waals surface area (Å²) in [7, 11) is -7.41. The average Bonchev–Trinajstić information content (AvgIpc) is 2.75. The summed E-state index contributed by atoms with van der Waals surface area (Å²) in [4.78, 5) is 12.8. The fraction of sp³-hybridized carbons (Fsp3) is 0.417. The number of hydrazine groups is 1. The van der Waals surface area contributed by atoms with Crippen LogP contribution in [-0.4, -0.2) is 34.2 Å². The maximum Gasteiger partial charge on any atom is 0.260 e. The molecule has 0 bridgehead atoms. The number of nitrogens with one attached hydrogen (secondary N) is 2. The third-order valence-electron chi connectivity index (χ3n) is 3.31. The molecule has 0 unspecified atom stereocenters. The first-order chi connectivity index (χ1) is 10.6. The zero-order chi connectivity index (χ0) is 17.3. The normalized spacial score (nSPS) is 20.3. The number of benzene rings is 1. The number of rotatable bonds is 5. The minimum atomic E-state index is -4.29. The number of hydrogen-bond donors (Lipinski definition) is 2. The van der Waals surface area contributed by atoms with Gasteiger partial charge in [-0.05, 0) is 30.5 Å². The second kappa shape index (κ2) is 6.71. The van der Waals surface area contributed by atoms with E-state index < -0.39 is 36.5 Å². The van der Waals surface area contributed by atoms with Crippen LogP contribution >= 0.6 is 11.6 Å². The van der Waals surface area contributed by atoms with E-state index in [-0.39, 0.29) is 28.9 Å². The molecule has 2 N–H and O–H groups in total. The number of hydrogen-bond acceptors (Lipinski definition) is 5. The molecule has 7 nitrogen and oxygen atoms in total. The first kappa shape index (κ1) is 18.1. The summed E-state index contributed by atoms with van der Waals surface area (Å²) in [5.41, 5.74) is 1.95. The lowest BCUT2D eigenvalue weighted by Crippen LogP contribution is -2.42. The van der Waals surface area contributed by atoms with Gasteiger partial charge in [0, 0.05) is 11.4 Å². The lowest BCUT2D eigenvalue weighted by atomic mass is 10.1. The number of amides is 1. The van der Waals surface area contributed by atoms with Gasteiger partial charge in [0.25, 0.3) is 10.0 Å². The molecule has 1 aliphatic rings.